The summed E-state index contributed by atoms with van der Waals surface area (Å²) in [6.45, 7) is 0. The highest BCUT2D eigenvalue weighted by Crippen LogP contribution is 2.36. The molecular formula is C21H19N3O4. The maximum atomic E-state index is 12.3. The Bertz CT molecular complexity index is 1080. The minimum atomic E-state index is -0.624. The summed E-state index contributed by atoms with van der Waals surface area (Å²) in [6.07, 6.45) is 1.53. The number of ether oxygens (including phenoxy) is 3. The molecule has 142 valence electrons. The van der Waals surface area contributed by atoms with E-state index in [1.165, 1.54) is 13.3 Å². The lowest BCUT2D eigenvalue weighted by Gasteiger charge is -2.15. The summed E-state index contributed by atoms with van der Waals surface area (Å²) in [5.41, 5.74) is 8.73. The summed E-state index contributed by atoms with van der Waals surface area (Å²) < 4.78 is 17.1. The molecule has 1 aromatic heterocycles. The van der Waals surface area contributed by atoms with Crippen LogP contribution in [0.1, 0.15) is 16.1 Å². The van der Waals surface area contributed by atoms with Gasteiger partial charge < -0.3 is 24.5 Å². The molecule has 0 spiro atoms. The number of nitriles is 1. The number of nitrogens with zero attached hydrogens (tertiary/aromatic N) is 2. The number of rotatable bonds is 5. The van der Waals surface area contributed by atoms with Gasteiger partial charge in [-0.3, -0.25) is 0 Å². The van der Waals surface area contributed by atoms with Crippen LogP contribution >= 0.6 is 0 Å². The Labute approximate surface area is 162 Å². The highest BCUT2D eigenvalue weighted by Gasteiger charge is 2.23. The van der Waals surface area contributed by atoms with E-state index in [1.807, 2.05) is 42.5 Å². The number of carbonyl (C=O) groups excluding carboxylic acids is 1. The van der Waals surface area contributed by atoms with Crippen LogP contribution in [0, 0.1) is 11.3 Å². The van der Waals surface area contributed by atoms with Gasteiger partial charge in [-0.2, -0.15) is 5.26 Å². The van der Waals surface area contributed by atoms with Crippen LogP contribution in [0.5, 0.6) is 11.5 Å². The van der Waals surface area contributed by atoms with Crippen molar-refractivity contribution in [2.45, 2.75) is 0 Å². The van der Waals surface area contributed by atoms with Crippen molar-refractivity contribution in [1.29, 1.82) is 5.26 Å². The second-order valence-electron chi connectivity index (χ2n) is 5.87. The first-order valence-corrected chi connectivity index (χ1v) is 8.36. The number of anilines is 1. The average Bonchev–Trinajstić information content (AvgIpc) is 3.08. The number of carbonyl (C=O) groups is 1. The molecule has 0 aliphatic carbocycles. The van der Waals surface area contributed by atoms with Crippen LogP contribution in [-0.2, 0) is 4.74 Å². The van der Waals surface area contributed by atoms with Crippen LogP contribution in [0.3, 0.4) is 0 Å². The number of esters is 1. The van der Waals surface area contributed by atoms with Crippen molar-refractivity contribution < 1.29 is 19.0 Å². The van der Waals surface area contributed by atoms with Gasteiger partial charge in [-0.1, -0.05) is 24.3 Å². The molecule has 7 heteroatoms. The first-order chi connectivity index (χ1) is 13.5. The summed E-state index contributed by atoms with van der Waals surface area (Å²) in [5.74, 6) is 0.560. The summed E-state index contributed by atoms with van der Waals surface area (Å²) in [4.78, 5) is 12.3. The number of nitrogen functional groups attached to an aromatic ring is 1. The molecule has 0 amide bonds. The van der Waals surface area contributed by atoms with Crippen LogP contribution in [0.4, 0.5) is 5.69 Å². The van der Waals surface area contributed by atoms with E-state index in [0.717, 1.165) is 11.1 Å². The molecule has 28 heavy (non-hydrogen) atoms. The molecule has 0 saturated carbocycles. The Hall–Kier alpha value is -3.92. The Kier molecular flexibility index (Phi) is 5.23. The molecule has 3 rings (SSSR count). The van der Waals surface area contributed by atoms with Crippen molar-refractivity contribution >= 4 is 11.7 Å². The molecule has 2 aromatic carbocycles. The fourth-order valence-corrected chi connectivity index (χ4v) is 3.04. The van der Waals surface area contributed by atoms with E-state index < -0.39 is 5.97 Å². The molecule has 0 radical (unpaired) electrons. The van der Waals surface area contributed by atoms with Gasteiger partial charge in [-0.25, -0.2) is 4.79 Å². The summed E-state index contributed by atoms with van der Waals surface area (Å²) in [7, 11) is 4.40. The minimum Gasteiger partial charge on any atom is -0.493 e. The van der Waals surface area contributed by atoms with E-state index in [-0.39, 0.29) is 16.9 Å². The second kappa shape index (κ2) is 7.76. The average molecular weight is 377 g/mol. The SMILES string of the molecule is COC(=O)c1c(N)c(C#N)cn1-c1ccccc1-c1ccc(OC)c(OC)c1. The number of hydrogen-bond donors (Lipinski definition) is 1. The first-order valence-electron chi connectivity index (χ1n) is 8.36. The molecule has 0 saturated heterocycles. The van der Waals surface area contributed by atoms with Gasteiger partial charge >= 0.3 is 5.97 Å². The van der Waals surface area contributed by atoms with Crippen LogP contribution in [0.25, 0.3) is 16.8 Å². The van der Waals surface area contributed by atoms with Crippen LogP contribution in [-0.4, -0.2) is 31.9 Å². The normalized spacial score (nSPS) is 10.2. The van der Waals surface area contributed by atoms with E-state index in [4.69, 9.17) is 19.9 Å². The third kappa shape index (κ3) is 3.12. The molecule has 0 unspecified atom stereocenters. The standard InChI is InChI=1S/C21H19N3O4/c1-26-17-9-8-13(10-18(17)27-2)15-6-4-5-7-16(15)24-12-14(11-22)19(23)20(24)21(25)28-3/h4-10,12H,23H2,1-3H3. The molecule has 0 atom stereocenters. The zero-order valence-corrected chi connectivity index (χ0v) is 15.7. The van der Waals surface area contributed by atoms with Gasteiger partial charge in [0.15, 0.2) is 17.2 Å². The molecule has 0 bridgehead atoms. The lowest BCUT2D eigenvalue weighted by Crippen LogP contribution is -2.11. The smallest absolute Gasteiger partial charge is 0.357 e. The molecular weight excluding hydrogens is 358 g/mol. The molecule has 1 heterocycles. The summed E-state index contributed by atoms with van der Waals surface area (Å²) >= 11 is 0. The van der Waals surface area contributed by atoms with E-state index in [1.54, 1.807) is 24.9 Å². The highest BCUT2D eigenvalue weighted by atomic mass is 16.5. The quantitative estimate of drug-likeness (QED) is 0.684. The van der Waals surface area contributed by atoms with E-state index in [2.05, 4.69) is 0 Å². The van der Waals surface area contributed by atoms with Crippen molar-refractivity contribution in [2.24, 2.45) is 0 Å². The lowest BCUT2D eigenvalue weighted by atomic mass is 10.0. The van der Waals surface area contributed by atoms with E-state index in [0.29, 0.717) is 17.2 Å². The Morgan fingerprint density at radius 2 is 1.79 bits per heavy atom. The zero-order chi connectivity index (χ0) is 20.3. The highest BCUT2D eigenvalue weighted by molar-refractivity contribution is 5.96. The van der Waals surface area contributed by atoms with Gasteiger partial charge in [0.05, 0.1) is 38.3 Å². The monoisotopic (exact) mass is 377 g/mol. The number of methoxy groups -OCH3 is 3. The van der Waals surface area contributed by atoms with Crippen molar-refractivity contribution in [2.75, 3.05) is 27.1 Å². The summed E-state index contributed by atoms with van der Waals surface area (Å²) in [6, 6.07) is 15.0. The van der Waals surface area contributed by atoms with Gasteiger partial charge in [0, 0.05) is 11.8 Å². The number of nitrogens with two attached hydrogens (primary N) is 1. The first kappa shape index (κ1) is 18.9. The fourth-order valence-electron chi connectivity index (χ4n) is 3.04. The maximum absolute atomic E-state index is 12.3. The van der Waals surface area contributed by atoms with Gasteiger partial charge in [-0.15, -0.1) is 0 Å². The van der Waals surface area contributed by atoms with Gasteiger partial charge in [-0.05, 0) is 23.8 Å². The van der Waals surface area contributed by atoms with Crippen molar-refractivity contribution in [3.8, 4) is 34.4 Å². The minimum absolute atomic E-state index is 0.0801. The van der Waals surface area contributed by atoms with Crippen LogP contribution < -0.4 is 15.2 Å². The fraction of sp³-hybridized carbons (Fsp3) is 0.143. The van der Waals surface area contributed by atoms with Crippen molar-refractivity contribution in [3.63, 3.8) is 0 Å². The molecule has 3 aromatic rings. The van der Waals surface area contributed by atoms with Gasteiger partial charge in [0.1, 0.15) is 6.07 Å². The number of benzene rings is 2. The second-order valence-corrected chi connectivity index (χ2v) is 5.87. The third-order valence-corrected chi connectivity index (χ3v) is 4.40. The summed E-state index contributed by atoms with van der Waals surface area (Å²) in [5, 5.41) is 9.34. The topological polar surface area (TPSA) is 99.5 Å². The molecule has 0 fully saturated rings. The van der Waals surface area contributed by atoms with Crippen molar-refractivity contribution in [1.82, 2.24) is 4.57 Å². The van der Waals surface area contributed by atoms with E-state index >= 15 is 0 Å². The predicted molar refractivity (Wildman–Crippen MR) is 105 cm³/mol. The van der Waals surface area contributed by atoms with Crippen LogP contribution in [0.15, 0.2) is 48.7 Å². The van der Waals surface area contributed by atoms with E-state index in [9.17, 15) is 10.1 Å². The number of hydrogen-bond acceptors (Lipinski definition) is 6. The third-order valence-electron chi connectivity index (χ3n) is 4.40. The number of aromatic nitrogens is 1. The largest absolute Gasteiger partial charge is 0.493 e. The molecule has 7 nitrogen and oxygen atoms in total. The zero-order valence-electron chi connectivity index (χ0n) is 15.7. The molecule has 0 aliphatic rings. The maximum Gasteiger partial charge on any atom is 0.357 e. The Morgan fingerprint density at radius 3 is 2.43 bits per heavy atom. The van der Waals surface area contributed by atoms with Gasteiger partial charge in [0.25, 0.3) is 0 Å². The predicted octanol–water partition coefficient (Wildman–Crippen LogP) is 3.40. The number of para-hydroxylation sites is 1. The van der Waals surface area contributed by atoms with Gasteiger partial charge in [0.2, 0.25) is 0 Å². The Balaban J connectivity index is 2.26. The Morgan fingerprint density at radius 1 is 1.07 bits per heavy atom. The molecule has 0 aliphatic heterocycles. The van der Waals surface area contributed by atoms with Crippen molar-refractivity contribution in [3.05, 3.63) is 59.9 Å². The lowest BCUT2D eigenvalue weighted by molar-refractivity contribution is 0.0593. The molecule has 2 N–H and O–H groups in total. The van der Waals surface area contributed by atoms with Crippen LogP contribution in [0.2, 0.25) is 0 Å².